The third kappa shape index (κ3) is 4.74. The number of hydrogen-bond donors (Lipinski definition) is 1. The van der Waals surface area contributed by atoms with Crippen molar-refractivity contribution in [3.05, 3.63) is 87.7 Å². The van der Waals surface area contributed by atoms with Crippen LogP contribution in [-0.4, -0.2) is 35.4 Å². The van der Waals surface area contributed by atoms with Gasteiger partial charge >= 0.3 is 5.97 Å². The van der Waals surface area contributed by atoms with Gasteiger partial charge in [0, 0.05) is 16.8 Å². The molecule has 0 bridgehead atoms. The van der Waals surface area contributed by atoms with Crippen LogP contribution in [0.5, 0.6) is 5.75 Å². The first kappa shape index (κ1) is 22.9. The minimum Gasteiger partial charge on any atom is -0.497 e. The average molecular weight is 476 g/mol. The second-order valence-corrected chi connectivity index (χ2v) is 7.95. The summed E-state index contributed by atoms with van der Waals surface area (Å²) in [5.74, 6) is -0.455. The minimum absolute atomic E-state index is 0.0103. The largest absolute Gasteiger partial charge is 0.497 e. The van der Waals surface area contributed by atoms with Crippen molar-refractivity contribution in [2.24, 2.45) is 0 Å². The van der Waals surface area contributed by atoms with Crippen LogP contribution < -0.4 is 15.6 Å². The molecule has 34 heavy (non-hydrogen) atoms. The quantitative estimate of drug-likeness (QED) is 0.316. The van der Waals surface area contributed by atoms with Gasteiger partial charge in [0.25, 0.3) is 5.56 Å². The molecule has 0 saturated carbocycles. The SMILES string of the molecule is CCOC(=O)c1nn(-c2ccc(OC)cc2)c(=O)c2c(NC(=O)/C=C/c3ccccc3)scc12. The van der Waals surface area contributed by atoms with Crippen LogP contribution in [0.3, 0.4) is 0 Å². The number of aromatic nitrogens is 2. The van der Waals surface area contributed by atoms with Gasteiger partial charge in [-0.1, -0.05) is 30.3 Å². The van der Waals surface area contributed by atoms with Gasteiger partial charge in [-0.2, -0.15) is 9.78 Å². The van der Waals surface area contributed by atoms with E-state index in [1.54, 1.807) is 42.6 Å². The number of carbonyl (C=O) groups excluding carboxylic acids is 2. The molecule has 0 saturated heterocycles. The maximum Gasteiger partial charge on any atom is 0.359 e. The Hall–Kier alpha value is -4.24. The van der Waals surface area contributed by atoms with Crippen LogP contribution in [0.25, 0.3) is 22.5 Å². The summed E-state index contributed by atoms with van der Waals surface area (Å²) in [5, 5.41) is 9.47. The Kier molecular flexibility index (Phi) is 6.84. The molecule has 0 aliphatic carbocycles. The van der Waals surface area contributed by atoms with E-state index in [1.165, 1.54) is 13.2 Å². The van der Waals surface area contributed by atoms with E-state index in [2.05, 4.69) is 10.4 Å². The van der Waals surface area contributed by atoms with Gasteiger partial charge in [0.1, 0.15) is 10.8 Å². The first-order valence-corrected chi connectivity index (χ1v) is 11.3. The summed E-state index contributed by atoms with van der Waals surface area (Å²) < 4.78 is 11.4. The molecule has 0 fully saturated rings. The molecule has 0 aliphatic rings. The Bertz CT molecular complexity index is 1420. The lowest BCUT2D eigenvalue weighted by molar-refractivity contribution is -0.111. The topological polar surface area (TPSA) is 99.5 Å². The number of fused-ring (bicyclic) bond motifs is 1. The summed E-state index contributed by atoms with van der Waals surface area (Å²) in [6.45, 7) is 1.84. The van der Waals surface area contributed by atoms with Gasteiger partial charge < -0.3 is 14.8 Å². The number of esters is 1. The molecule has 0 radical (unpaired) electrons. The number of nitrogens with one attached hydrogen (secondary N) is 1. The van der Waals surface area contributed by atoms with Gasteiger partial charge in [-0.25, -0.2) is 4.79 Å². The molecular weight excluding hydrogens is 454 g/mol. The minimum atomic E-state index is -0.658. The molecule has 4 aromatic rings. The second kappa shape index (κ2) is 10.1. The van der Waals surface area contributed by atoms with Crippen molar-refractivity contribution < 1.29 is 19.1 Å². The Balaban J connectivity index is 1.78. The summed E-state index contributed by atoms with van der Waals surface area (Å²) in [6.07, 6.45) is 3.06. The number of hydrogen-bond acceptors (Lipinski definition) is 7. The van der Waals surface area contributed by atoms with Crippen molar-refractivity contribution in [2.75, 3.05) is 19.0 Å². The number of ether oxygens (including phenoxy) is 2. The van der Waals surface area contributed by atoms with E-state index in [0.29, 0.717) is 21.8 Å². The molecular formula is C25H21N3O5S. The third-order valence-corrected chi connectivity index (χ3v) is 5.80. The van der Waals surface area contributed by atoms with Crippen LogP contribution in [0.2, 0.25) is 0 Å². The Morgan fingerprint density at radius 1 is 1.12 bits per heavy atom. The molecule has 9 heteroatoms. The van der Waals surface area contributed by atoms with Crippen LogP contribution in [0.15, 0.2) is 70.8 Å². The summed E-state index contributed by atoms with van der Waals surface area (Å²) in [5.41, 5.74) is 0.815. The average Bonchev–Trinajstić information content (AvgIpc) is 3.28. The van der Waals surface area contributed by atoms with E-state index in [1.807, 2.05) is 30.3 Å². The van der Waals surface area contributed by atoms with E-state index in [9.17, 15) is 14.4 Å². The molecule has 8 nitrogen and oxygen atoms in total. The number of amides is 1. The maximum absolute atomic E-state index is 13.4. The molecule has 0 spiro atoms. The predicted octanol–water partition coefficient (Wildman–Crippen LogP) is 4.28. The highest BCUT2D eigenvalue weighted by Crippen LogP contribution is 2.31. The van der Waals surface area contributed by atoms with Crippen molar-refractivity contribution in [1.29, 1.82) is 0 Å². The van der Waals surface area contributed by atoms with Crippen LogP contribution in [-0.2, 0) is 9.53 Å². The normalized spacial score (nSPS) is 11.0. The molecule has 4 rings (SSSR count). The Morgan fingerprint density at radius 2 is 1.85 bits per heavy atom. The number of methoxy groups -OCH3 is 1. The number of rotatable bonds is 7. The second-order valence-electron chi connectivity index (χ2n) is 7.07. The molecule has 0 unspecified atom stereocenters. The summed E-state index contributed by atoms with van der Waals surface area (Å²) in [4.78, 5) is 38.6. The Labute approximate surface area is 199 Å². The first-order chi connectivity index (χ1) is 16.5. The van der Waals surface area contributed by atoms with Crippen molar-refractivity contribution in [3.8, 4) is 11.4 Å². The van der Waals surface area contributed by atoms with Gasteiger partial charge in [0.05, 0.1) is 24.8 Å². The fourth-order valence-electron chi connectivity index (χ4n) is 3.28. The molecule has 2 aromatic carbocycles. The molecule has 2 aromatic heterocycles. The monoisotopic (exact) mass is 475 g/mol. The van der Waals surface area contributed by atoms with Gasteiger partial charge in [0.15, 0.2) is 5.69 Å². The lowest BCUT2D eigenvalue weighted by atomic mass is 10.2. The van der Waals surface area contributed by atoms with Gasteiger partial charge in [-0.05, 0) is 42.8 Å². The zero-order valence-electron chi connectivity index (χ0n) is 18.5. The van der Waals surface area contributed by atoms with Gasteiger partial charge in [-0.3, -0.25) is 9.59 Å². The number of benzene rings is 2. The standard InChI is InChI=1S/C25H21N3O5S/c1-3-33-25(31)22-19-15-34-23(26-20(29)14-9-16-7-5-4-6-8-16)21(19)24(30)28(27-22)17-10-12-18(32-2)13-11-17/h4-15H,3H2,1-2H3,(H,26,29)/b14-9+. The van der Waals surface area contributed by atoms with Crippen LogP contribution in [0, 0.1) is 0 Å². The fraction of sp³-hybridized carbons (Fsp3) is 0.120. The van der Waals surface area contributed by atoms with Crippen molar-refractivity contribution in [2.45, 2.75) is 6.92 Å². The lowest BCUT2D eigenvalue weighted by Crippen LogP contribution is -2.25. The van der Waals surface area contributed by atoms with Crippen LogP contribution >= 0.6 is 11.3 Å². The zero-order valence-corrected chi connectivity index (χ0v) is 19.3. The van der Waals surface area contributed by atoms with Gasteiger partial charge in [-0.15, -0.1) is 11.3 Å². The highest BCUT2D eigenvalue weighted by atomic mass is 32.1. The summed E-state index contributed by atoms with van der Waals surface area (Å²) in [6, 6.07) is 16.0. The number of carbonyl (C=O) groups is 2. The lowest BCUT2D eigenvalue weighted by Gasteiger charge is -2.10. The van der Waals surface area contributed by atoms with Gasteiger partial charge in [0.2, 0.25) is 5.91 Å². The maximum atomic E-state index is 13.4. The van der Waals surface area contributed by atoms with Crippen molar-refractivity contribution in [3.63, 3.8) is 0 Å². The summed E-state index contributed by atoms with van der Waals surface area (Å²) >= 11 is 1.14. The predicted molar refractivity (Wildman–Crippen MR) is 132 cm³/mol. The molecule has 2 heterocycles. The number of nitrogens with zero attached hydrogens (tertiary/aromatic N) is 2. The van der Waals surface area contributed by atoms with Crippen LogP contribution in [0.4, 0.5) is 5.00 Å². The smallest absolute Gasteiger partial charge is 0.359 e. The highest BCUT2D eigenvalue weighted by molar-refractivity contribution is 7.16. The molecule has 0 aliphatic heterocycles. The van der Waals surface area contributed by atoms with Crippen molar-refractivity contribution >= 4 is 45.1 Å². The van der Waals surface area contributed by atoms with E-state index in [0.717, 1.165) is 21.6 Å². The highest BCUT2D eigenvalue weighted by Gasteiger charge is 2.23. The van der Waals surface area contributed by atoms with E-state index >= 15 is 0 Å². The fourth-order valence-corrected chi connectivity index (χ4v) is 4.22. The van der Waals surface area contributed by atoms with E-state index < -0.39 is 17.4 Å². The molecule has 1 amide bonds. The molecule has 0 atom stereocenters. The number of thiophene rings is 1. The van der Waals surface area contributed by atoms with E-state index in [4.69, 9.17) is 9.47 Å². The van der Waals surface area contributed by atoms with Crippen LogP contribution in [0.1, 0.15) is 23.0 Å². The number of anilines is 1. The summed E-state index contributed by atoms with van der Waals surface area (Å²) in [7, 11) is 1.54. The molecule has 1 N–H and O–H groups in total. The Morgan fingerprint density at radius 3 is 2.53 bits per heavy atom. The molecule has 172 valence electrons. The van der Waals surface area contributed by atoms with Crippen molar-refractivity contribution in [1.82, 2.24) is 9.78 Å². The zero-order chi connectivity index (χ0) is 24.1. The third-order valence-electron chi connectivity index (χ3n) is 4.90. The first-order valence-electron chi connectivity index (χ1n) is 10.4. The van der Waals surface area contributed by atoms with E-state index in [-0.39, 0.29) is 17.7 Å².